The third-order valence-electron chi connectivity index (χ3n) is 4.07. The Bertz CT molecular complexity index is 570. The van der Waals surface area contributed by atoms with Crippen molar-refractivity contribution in [2.45, 2.75) is 43.7 Å². The minimum atomic E-state index is 0.177. The van der Waals surface area contributed by atoms with Gasteiger partial charge in [0.25, 0.3) is 0 Å². The van der Waals surface area contributed by atoms with Gasteiger partial charge >= 0.3 is 0 Å². The van der Waals surface area contributed by atoms with E-state index in [2.05, 4.69) is 45.8 Å². The van der Waals surface area contributed by atoms with Crippen LogP contribution in [0.15, 0.2) is 30.3 Å². The van der Waals surface area contributed by atoms with Crippen molar-refractivity contribution in [3.8, 4) is 0 Å². The van der Waals surface area contributed by atoms with Gasteiger partial charge in [0, 0.05) is 18.0 Å². The van der Waals surface area contributed by atoms with E-state index in [-0.39, 0.29) is 5.41 Å². The van der Waals surface area contributed by atoms with E-state index in [0.717, 1.165) is 17.6 Å². The molecule has 1 N–H and O–H groups in total. The molecule has 1 aromatic heterocycles. The maximum Gasteiger partial charge on any atom is 0.131 e. The predicted octanol–water partition coefficient (Wildman–Crippen LogP) is 2.87. The van der Waals surface area contributed by atoms with Crippen LogP contribution in [0.4, 0.5) is 0 Å². The molecule has 0 spiro atoms. The molecule has 0 radical (unpaired) electrons. The third kappa shape index (κ3) is 2.19. The maximum absolute atomic E-state index is 4.45. The SMILES string of the molecule is c1ccc(C2(c3nnc(CNC4CC4)s3)CC2)cc1. The van der Waals surface area contributed by atoms with Crippen LogP contribution in [0, 0.1) is 0 Å². The molecule has 98 valence electrons. The highest BCUT2D eigenvalue weighted by atomic mass is 32.1. The molecular formula is C15H17N3S. The zero-order valence-corrected chi connectivity index (χ0v) is 11.6. The van der Waals surface area contributed by atoms with Crippen LogP contribution < -0.4 is 5.32 Å². The molecule has 1 aromatic carbocycles. The van der Waals surface area contributed by atoms with Gasteiger partial charge in [-0.15, -0.1) is 10.2 Å². The van der Waals surface area contributed by atoms with Gasteiger partial charge in [0.15, 0.2) is 0 Å². The number of hydrogen-bond donors (Lipinski definition) is 1. The summed E-state index contributed by atoms with van der Waals surface area (Å²) in [5, 5.41) is 14.6. The maximum atomic E-state index is 4.45. The van der Waals surface area contributed by atoms with Crippen molar-refractivity contribution in [2.75, 3.05) is 0 Å². The van der Waals surface area contributed by atoms with Crippen molar-refractivity contribution < 1.29 is 0 Å². The summed E-state index contributed by atoms with van der Waals surface area (Å²) in [5.41, 5.74) is 1.57. The van der Waals surface area contributed by atoms with Crippen molar-refractivity contribution >= 4 is 11.3 Å². The van der Waals surface area contributed by atoms with Gasteiger partial charge < -0.3 is 5.32 Å². The minimum absolute atomic E-state index is 0.177. The quantitative estimate of drug-likeness (QED) is 0.908. The highest BCUT2D eigenvalue weighted by Gasteiger charge is 2.48. The van der Waals surface area contributed by atoms with Crippen LogP contribution in [0.5, 0.6) is 0 Å². The van der Waals surface area contributed by atoms with Gasteiger partial charge in [0.05, 0.1) is 0 Å². The number of rotatable bonds is 5. The van der Waals surface area contributed by atoms with Crippen molar-refractivity contribution in [1.82, 2.24) is 15.5 Å². The highest BCUT2D eigenvalue weighted by Crippen LogP contribution is 2.54. The van der Waals surface area contributed by atoms with Crippen LogP contribution in [0.1, 0.15) is 41.3 Å². The first-order valence-corrected chi connectivity index (χ1v) is 7.80. The first-order valence-electron chi connectivity index (χ1n) is 6.99. The van der Waals surface area contributed by atoms with Gasteiger partial charge in [-0.2, -0.15) is 0 Å². The van der Waals surface area contributed by atoms with Crippen molar-refractivity contribution in [2.24, 2.45) is 0 Å². The molecule has 2 fully saturated rings. The molecule has 19 heavy (non-hydrogen) atoms. The van der Waals surface area contributed by atoms with Crippen LogP contribution in [0.2, 0.25) is 0 Å². The highest BCUT2D eigenvalue weighted by molar-refractivity contribution is 7.11. The molecular weight excluding hydrogens is 254 g/mol. The van der Waals surface area contributed by atoms with Crippen molar-refractivity contribution in [1.29, 1.82) is 0 Å². The molecule has 4 rings (SSSR count). The number of hydrogen-bond acceptors (Lipinski definition) is 4. The fourth-order valence-electron chi connectivity index (χ4n) is 2.55. The molecule has 0 saturated heterocycles. The molecule has 2 aliphatic carbocycles. The second-order valence-electron chi connectivity index (χ2n) is 5.60. The molecule has 0 unspecified atom stereocenters. The molecule has 0 atom stereocenters. The second kappa shape index (κ2) is 4.39. The fourth-order valence-corrected chi connectivity index (χ4v) is 3.61. The molecule has 0 aliphatic heterocycles. The summed E-state index contributed by atoms with van der Waals surface area (Å²) >= 11 is 1.78. The standard InChI is InChI=1S/C15H17N3S/c1-2-4-11(5-3-1)15(8-9-15)14-18-17-13(19-14)10-16-12-6-7-12/h1-5,12,16H,6-10H2. The molecule has 0 amide bonds. The van der Waals surface area contributed by atoms with E-state index in [1.165, 1.54) is 36.3 Å². The van der Waals surface area contributed by atoms with Crippen LogP contribution in [0.3, 0.4) is 0 Å². The number of benzene rings is 1. The molecule has 4 heteroatoms. The lowest BCUT2D eigenvalue weighted by atomic mass is 9.97. The summed E-state index contributed by atoms with van der Waals surface area (Å²) < 4.78 is 0. The second-order valence-corrected chi connectivity index (χ2v) is 6.67. The van der Waals surface area contributed by atoms with Gasteiger partial charge in [0.2, 0.25) is 0 Å². The largest absolute Gasteiger partial charge is 0.308 e. The average Bonchev–Trinajstić information content (AvgIpc) is 3.38. The zero-order chi connectivity index (χ0) is 12.7. The first-order chi connectivity index (χ1) is 9.37. The van der Waals surface area contributed by atoms with E-state index >= 15 is 0 Å². The minimum Gasteiger partial charge on any atom is -0.308 e. The molecule has 2 aliphatic rings. The summed E-state index contributed by atoms with van der Waals surface area (Å²) in [7, 11) is 0. The number of nitrogens with one attached hydrogen (secondary N) is 1. The van der Waals surface area contributed by atoms with Gasteiger partial charge in [-0.1, -0.05) is 41.7 Å². The Morgan fingerprint density at radius 1 is 1.16 bits per heavy atom. The van der Waals surface area contributed by atoms with Gasteiger partial charge in [-0.25, -0.2) is 0 Å². The van der Waals surface area contributed by atoms with E-state index in [1.807, 2.05) is 0 Å². The van der Waals surface area contributed by atoms with E-state index in [0.29, 0.717) is 0 Å². The Kier molecular flexibility index (Phi) is 2.67. The molecule has 3 nitrogen and oxygen atoms in total. The van der Waals surface area contributed by atoms with E-state index in [4.69, 9.17) is 0 Å². The van der Waals surface area contributed by atoms with Crippen molar-refractivity contribution in [3.63, 3.8) is 0 Å². The number of nitrogens with zero attached hydrogens (tertiary/aromatic N) is 2. The Morgan fingerprint density at radius 2 is 1.95 bits per heavy atom. The Morgan fingerprint density at radius 3 is 2.63 bits per heavy atom. The average molecular weight is 271 g/mol. The molecule has 2 saturated carbocycles. The lowest BCUT2D eigenvalue weighted by Crippen LogP contribution is -2.14. The Hall–Kier alpha value is -1.26. The van der Waals surface area contributed by atoms with Gasteiger partial charge in [-0.3, -0.25) is 0 Å². The summed E-state index contributed by atoms with van der Waals surface area (Å²) in [6.45, 7) is 0.882. The lowest BCUT2D eigenvalue weighted by Gasteiger charge is -2.11. The number of aromatic nitrogens is 2. The summed E-state index contributed by atoms with van der Waals surface area (Å²) in [6.07, 6.45) is 5.06. The third-order valence-corrected chi connectivity index (χ3v) is 5.20. The fraction of sp³-hybridized carbons (Fsp3) is 0.467. The molecule has 1 heterocycles. The molecule has 0 bridgehead atoms. The normalized spacial score (nSPS) is 20.4. The van der Waals surface area contributed by atoms with E-state index in [1.54, 1.807) is 11.3 Å². The summed E-state index contributed by atoms with van der Waals surface area (Å²) in [6, 6.07) is 11.5. The smallest absolute Gasteiger partial charge is 0.131 e. The van der Waals surface area contributed by atoms with E-state index < -0.39 is 0 Å². The summed E-state index contributed by atoms with van der Waals surface area (Å²) in [5.74, 6) is 0. The summed E-state index contributed by atoms with van der Waals surface area (Å²) in [4.78, 5) is 0. The molecule has 2 aromatic rings. The van der Waals surface area contributed by atoms with Crippen LogP contribution in [0.25, 0.3) is 0 Å². The van der Waals surface area contributed by atoms with E-state index in [9.17, 15) is 0 Å². The predicted molar refractivity (Wildman–Crippen MR) is 76.2 cm³/mol. The van der Waals surface area contributed by atoms with Gasteiger partial charge in [0.1, 0.15) is 10.0 Å². The first kappa shape index (κ1) is 11.6. The van der Waals surface area contributed by atoms with Crippen LogP contribution in [-0.2, 0) is 12.0 Å². The Labute approximate surface area is 117 Å². The van der Waals surface area contributed by atoms with Crippen LogP contribution >= 0.6 is 11.3 Å². The van der Waals surface area contributed by atoms with Gasteiger partial charge in [-0.05, 0) is 31.2 Å². The zero-order valence-electron chi connectivity index (χ0n) is 10.8. The lowest BCUT2D eigenvalue weighted by molar-refractivity contribution is 0.677. The monoisotopic (exact) mass is 271 g/mol. The van der Waals surface area contributed by atoms with Crippen molar-refractivity contribution in [3.05, 3.63) is 45.9 Å². The van der Waals surface area contributed by atoms with Crippen LogP contribution in [-0.4, -0.2) is 16.2 Å². The topological polar surface area (TPSA) is 37.8 Å². The Balaban J connectivity index is 1.55.